The molecule has 0 spiro atoms. The van der Waals surface area contributed by atoms with Crippen molar-refractivity contribution in [2.75, 3.05) is 6.61 Å². The molecular formula is C18H15N3O2S2. The van der Waals surface area contributed by atoms with Gasteiger partial charge in [0.25, 0.3) is 11.1 Å². The van der Waals surface area contributed by atoms with Crippen molar-refractivity contribution >= 4 is 33.3 Å². The lowest BCUT2D eigenvalue weighted by atomic mass is 10.2. The molecule has 4 aromatic rings. The topological polar surface area (TPSA) is 61.0 Å². The SMILES string of the molecule is CCOc1ccccc1-c1nnc(SCc2nc3ccccc3s2)o1. The van der Waals surface area contributed by atoms with E-state index in [2.05, 4.69) is 21.2 Å². The molecule has 126 valence electrons. The summed E-state index contributed by atoms with van der Waals surface area (Å²) in [6.07, 6.45) is 0. The Bertz CT molecular complexity index is 964. The first kappa shape index (κ1) is 16.1. The first-order valence-electron chi connectivity index (χ1n) is 7.86. The number of ether oxygens (including phenoxy) is 1. The van der Waals surface area contributed by atoms with Crippen molar-refractivity contribution < 1.29 is 9.15 Å². The van der Waals surface area contributed by atoms with Crippen molar-refractivity contribution in [3.8, 4) is 17.2 Å². The highest BCUT2D eigenvalue weighted by Crippen LogP contribution is 2.32. The average Bonchev–Trinajstić information content (AvgIpc) is 3.27. The quantitative estimate of drug-likeness (QED) is 0.444. The minimum Gasteiger partial charge on any atom is -0.493 e. The Kier molecular flexibility index (Phi) is 4.67. The van der Waals surface area contributed by atoms with Gasteiger partial charge in [-0.1, -0.05) is 36.0 Å². The van der Waals surface area contributed by atoms with Gasteiger partial charge in [-0.2, -0.15) is 0 Å². The summed E-state index contributed by atoms with van der Waals surface area (Å²) in [6, 6.07) is 15.8. The molecule has 0 aliphatic rings. The molecule has 0 unspecified atom stereocenters. The number of thioether (sulfide) groups is 1. The smallest absolute Gasteiger partial charge is 0.277 e. The zero-order valence-corrected chi connectivity index (χ0v) is 15.1. The molecule has 2 aromatic heterocycles. The molecule has 0 amide bonds. The van der Waals surface area contributed by atoms with E-state index in [0.717, 1.165) is 21.8 Å². The van der Waals surface area contributed by atoms with Gasteiger partial charge in [0.2, 0.25) is 0 Å². The lowest BCUT2D eigenvalue weighted by Crippen LogP contribution is -1.93. The molecular weight excluding hydrogens is 354 g/mol. The second-order valence-corrected chi connectivity index (χ2v) is 7.21. The van der Waals surface area contributed by atoms with Gasteiger partial charge in [-0.25, -0.2) is 4.98 Å². The minimum absolute atomic E-state index is 0.468. The first-order valence-corrected chi connectivity index (χ1v) is 9.66. The Morgan fingerprint density at radius 3 is 2.80 bits per heavy atom. The van der Waals surface area contributed by atoms with Crippen molar-refractivity contribution in [1.29, 1.82) is 0 Å². The monoisotopic (exact) mass is 369 g/mol. The van der Waals surface area contributed by atoms with Crippen molar-refractivity contribution in [2.24, 2.45) is 0 Å². The van der Waals surface area contributed by atoms with Gasteiger partial charge in [0, 0.05) is 0 Å². The van der Waals surface area contributed by atoms with Gasteiger partial charge in [0.1, 0.15) is 10.8 Å². The normalized spacial score (nSPS) is 11.1. The number of fused-ring (bicyclic) bond motifs is 1. The van der Waals surface area contributed by atoms with E-state index in [-0.39, 0.29) is 0 Å². The number of thiazole rings is 1. The molecule has 0 aliphatic carbocycles. The molecule has 0 fully saturated rings. The van der Waals surface area contributed by atoms with Crippen LogP contribution in [0.3, 0.4) is 0 Å². The summed E-state index contributed by atoms with van der Waals surface area (Å²) in [6.45, 7) is 2.54. The highest BCUT2D eigenvalue weighted by atomic mass is 32.2. The number of aromatic nitrogens is 3. The molecule has 7 heteroatoms. The third kappa shape index (κ3) is 3.52. The highest BCUT2D eigenvalue weighted by Gasteiger charge is 2.14. The number of hydrogen-bond acceptors (Lipinski definition) is 7. The lowest BCUT2D eigenvalue weighted by molar-refractivity contribution is 0.340. The molecule has 25 heavy (non-hydrogen) atoms. The van der Waals surface area contributed by atoms with Gasteiger partial charge >= 0.3 is 0 Å². The Hall–Kier alpha value is -2.38. The Balaban J connectivity index is 1.50. The largest absolute Gasteiger partial charge is 0.493 e. The molecule has 4 rings (SSSR count). The molecule has 0 atom stereocenters. The van der Waals surface area contributed by atoms with Gasteiger partial charge < -0.3 is 9.15 Å². The zero-order chi connectivity index (χ0) is 17.1. The van der Waals surface area contributed by atoms with E-state index >= 15 is 0 Å². The number of para-hydroxylation sites is 2. The number of hydrogen-bond donors (Lipinski definition) is 0. The van der Waals surface area contributed by atoms with Crippen molar-refractivity contribution in [3.05, 3.63) is 53.5 Å². The molecule has 5 nitrogen and oxygen atoms in total. The maximum atomic E-state index is 5.79. The van der Waals surface area contributed by atoms with Crippen molar-refractivity contribution in [2.45, 2.75) is 17.9 Å². The van der Waals surface area contributed by atoms with E-state index in [1.807, 2.05) is 49.4 Å². The van der Waals surface area contributed by atoms with E-state index in [4.69, 9.17) is 9.15 Å². The summed E-state index contributed by atoms with van der Waals surface area (Å²) in [7, 11) is 0. The Morgan fingerprint density at radius 1 is 1.08 bits per heavy atom. The van der Waals surface area contributed by atoms with Crippen LogP contribution in [0.1, 0.15) is 11.9 Å². The third-order valence-electron chi connectivity index (χ3n) is 3.48. The van der Waals surface area contributed by atoms with Crippen LogP contribution in [0.15, 0.2) is 58.2 Å². The van der Waals surface area contributed by atoms with Gasteiger partial charge in [0.15, 0.2) is 0 Å². The molecule has 0 aliphatic heterocycles. The number of rotatable bonds is 6. The predicted molar refractivity (Wildman–Crippen MR) is 100 cm³/mol. The van der Waals surface area contributed by atoms with Crippen LogP contribution in [-0.2, 0) is 5.75 Å². The molecule has 0 saturated heterocycles. The molecule has 0 saturated carbocycles. The van der Waals surface area contributed by atoms with Crippen molar-refractivity contribution in [1.82, 2.24) is 15.2 Å². The lowest BCUT2D eigenvalue weighted by Gasteiger charge is -2.05. The number of benzene rings is 2. The second-order valence-electron chi connectivity index (χ2n) is 5.17. The highest BCUT2D eigenvalue weighted by molar-refractivity contribution is 7.98. The fourth-order valence-electron chi connectivity index (χ4n) is 2.41. The van der Waals surface area contributed by atoms with Gasteiger partial charge in [-0.15, -0.1) is 21.5 Å². The second kappa shape index (κ2) is 7.25. The fraction of sp³-hybridized carbons (Fsp3) is 0.167. The van der Waals surface area contributed by atoms with E-state index in [9.17, 15) is 0 Å². The van der Waals surface area contributed by atoms with Crippen molar-refractivity contribution in [3.63, 3.8) is 0 Å². The van der Waals surface area contributed by atoms with Gasteiger partial charge in [-0.05, 0) is 31.2 Å². The maximum Gasteiger partial charge on any atom is 0.277 e. The summed E-state index contributed by atoms with van der Waals surface area (Å²) in [5.41, 5.74) is 1.84. The van der Waals surface area contributed by atoms with Gasteiger partial charge in [0.05, 0.1) is 28.1 Å². The predicted octanol–water partition coefficient (Wildman–Crippen LogP) is 5.04. The van der Waals surface area contributed by atoms with Crippen LogP contribution in [0.5, 0.6) is 5.75 Å². The van der Waals surface area contributed by atoms with Crippen LogP contribution >= 0.6 is 23.1 Å². The van der Waals surface area contributed by atoms with Crippen LogP contribution < -0.4 is 4.74 Å². The van der Waals surface area contributed by atoms with E-state index in [1.165, 1.54) is 16.5 Å². The van der Waals surface area contributed by atoms with Crippen LogP contribution in [0.2, 0.25) is 0 Å². The Morgan fingerprint density at radius 2 is 1.92 bits per heavy atom. The zero-order valence-electron chi connectivity index (χ0n) is 13.5. The standard InChI is InChI=1S/C18H15N3O2S2/c1-2-22-14-9-5-3-7-12(14)17-20-21-18(23-17)24-11-16-19-13-8-4-6-10-15(13)25-16/h3-10H,2,11H2,1H3. The van der Waals surface area contributed by atoms with E-state index < -0.39 is 0 Å². The first-order chi connectivity index (χ1) is 12.3. The molecule has 0 N–H and O–H groups in total. The average molecular weight is 369 g/mol. The maximum absolute atomic E-state index is 5.79. The van der Waals surface area contributed by atoms with E-state index in [1.54, 1.807) is 11.3 Å². The van der Waals surface area contributed by atoms with Crippen LogP contribution in [0.25, 0.3) is 21.7 Å². The molecule has 0 radical (unpaired) electrons. The Labute approximate surface area is 153 Å². The molecule has 2 heterocycles. The molecule has 2 aromatic carbocycles. The summed E-state index contributed by atoms with van der Waals surface area (Å²) in [5, 5.41) is 9.85. The minimum atomic E-state index is 0.468. The summed E-state index contributed by atoms with van der Waals surface area (Å²) in [5.74, 6) is 1.92. The fourth-order valence-corrected chi connectivity index (χ4v) is 4.13. The van der Waals surface area contributed by atoms with Crippen LogP contribution in [0, 0.1) is 0 Å². The summed E-state index contributed by atoms with van der Waals surface area (Å²) < 4.78 is 12.6. The summed E-state index contributed by atoms with van der Waals surface area (Å²) in [4.78, 5) is 4.62. The van der Waals surface area contributed by atoms with Gasteiger partial charge in [-0.3, -0.25) is 0 Å². The third-order valence-corrected chi connectivity index (χ3v) is 5.53. The summed E-state index contributed by atoms with van der Waals surface area (Å²) >= 11 is 3.18. The van der Waals surface area contributed by atoms with E-state index in [0.29, 0.717) is 23.5 Å². The molecule has 0 bridgehead atoms. The van der Waals surface area contributed by atoms with Crippen LogP contribution in [-0.4, -0.2) is 21.8 Å². The van der Waals surface area contributed by atoms with Crippen LogP contribution in [0.4, 0.5) is 0 Å². The number of nitrogens with zero attached hydrogens (tertiary/aromatic N) is 3.